The maximum atomic E-state index is 13.1. The average Bonchev–Trinajstić information content (AvgIpc) is 2.63. The van der Waals surface area contributed by atoms with Crippen LogP contribution in [0.25, 0.3) is 0 Å². The van der Waals surface area contributed by atoms with Crippen molar-refractivity contribution >= 4 is 12.0 Å². The number of ether oxygens (including phenoxy) is 2. The van der Waals surface area contributed by atoms with Crippen LogP contribution in [0.1, 0.15) is 43.9 Å². The Labute approximate surface area is 173 Å². The topological polar surface area (TPSA) is 85.2 Å². The van der Waals surface area contributed by atoms with Gasteiger partial charge in [0.05, 0.1) is 26.3 Å². The Kier molecular flexibility index (Phi) is 8.40. The van der Waals surface area contributed by atoms with Gasteiger partial charge in [0.25, 0.3) is 5.91 Å². The number of pyridine rings is 1. The number of morpholine rings is 1. The van der Waals surface area contributed by atoms with Gasteiger partial charge >= 0.3 is 6.09 Å². The van der Waals surface area contributed by atoms with Gasteiger partial charge in [-0.25, -0.2) is 9.78 Å². The zero-order chi connectivity index (χ0) is 21.4. The lowest BCUT2D eigenvalue weighted by Crippen LogP contribution is -3.14. The van der Waals surface area contributed by atoms with Crippen LogP contribution in [0.4, 0.5) is 4.79 Å². The molecule has 1 aliphatic rings. The summed E-state index contributed by atoms with van der Waals surface area (Å²) in [7, 11) is 0. The Morgan fingerprint density at radius 3 is 2.62 bits per heavy atom. The fraction of sp³-hybridized carbons (Fsp3) is 0.667. The fourth-order valence-electron chi connectivity index (χ4n) is 3.19. The van der Waals surface area contributed by atoms with Crippen LogP contribution in [0.15, 0.2) is 18.2 Å². The second kappa shape index (κ2) is 10.5. The fourth-order valence-corrected chi connectivity index (χ4v) is 3.19. The number of rotatable bonds is 7. The van der Waals surface area contributed by atoms with Crippen LogP contribution < -0.4 is 10.2 Å². The van der Waals surface area contributed by atoms with Gasteiger partial charge in [-0.1, -0.05) is 6.07 Å². The number of carbonyl (C=O) groups is 2. The maximum Gasteiger partial charge on any atom is 0.407 e. The van der Waals surface area contributed by atoms with Crippen molar-refractivity contribution < 1.29 is 24.0 Å². The number of carbonyl (C=O) groups excluding carboxylic acids is 2. The first-order valence-corrected chi connectivity index (χ1v) is 10.3. The first kappa shape index (κ1) is 23.1. The smallest absolute Gasteiger partial charge is 0.407 e. The molecule has 2 amide bonds. The van der Waals surface area contributed by atoms with Gasteiger partial charge in [0.1, 0.15) is 24.4 Å². The molecule has 1 aromatic rings. The molecule has 1 aromatic heterocycles. The third-order valence-electron chi connectivity index (χ3n) is 4.59. The van der Waals surface area contributed by atoms with Crippen LogP contribution in [0.5, 0.6) is 0 Å². The largest absolute Gasteiger partial charge is 0.444 e. The monoisotopic (exact) mass is 407 g/mol. The highest BCUT2D eigenvalue weighted by molar-refractivity contribution is 5.92. The van der Waals surface area contributed by atoms with E-state index in [0.717, 1.165) is 38.5 Å². The minimum absolute atomic E-state index is 0.126. The molecule has 29 heavy (non-hydrogen) atoms. The highest BCUT2D eigenvalue weighted by atomic mass is 16.6. The van der Waals surface area contributed by atoms with Crippen LogP contribution in [0.3, 0.4) is 0 Å². The number of amides is 2. The van der Waals surface area contributed by atoms with Gasteiger partial charge in [-0.05, 0) is 46.8 Å². The van der Waals surface area contributed by atoms with Crippen molar-refractivity contribution in [1.82, 2.24) is 15.2 Å². The number of nitrogens with one attached hydrogen (secondary N) is 2. The summed E-state index contributed by atoms with van der Waals surface area (Å²) >= 11 is 0. The zero-order valence-corrected chi connectivity index (χ0v) is 18.3. The van der Waals surface area contributed by atoms with Gasteiger partial charge in [0, 0.05) is 18.3 Å². The number of hydrogen-bond acceptors (Lipinski definition) is 5. The third kappa shape index (κ3) is 8.37. The zero-order valence-electron chi connectivity index (χ0n) is 18.3. The molecule has 1 fully saturated rings. The molecule has 1 saturated heterocycles. The van der Waals surface area contributed by atoms with Gasteiger partial charge < -0.3 is 24.6 Å². The molecule has 0 bridgehead atoms. The van der Waals surface area contributed by atoms with Crippen molar-refractivity contribution in [1.29, 1.82) is 0 Å². The summed E-state index contributed by atoms with van der Waals surface area (Å²) in [6.07, 6.45) is -0.482. The molecule has 2 rings (SSSR count). The standard InChI is InChI=1S/C21H34N4O4/c1-16-7-6-8-18(22-16)19(26)25(10-9-24-11-13-28-14-12-24)15-17(2)23-20(27)29-21(3,4)5/h6-8,17H,9-15H2,1-5H3,(H,23,27)/p+1/t17-/m1/s1. The van der Waals surface area contributed by atoms with Crippen LogP contribution in [-0.4, -0.2) is 79.5 Å². The lowest BCUT2D eigenvalue weighted by atomic mass is 10.2. The molecule has 0 unspecified atom stereocenters. The normalized spacial score (nSPS) is 16.2. The average molecular weight is 408 g/mol. The summed E-state index contributed by atoms with van der Waals surface area (Å²) in [5.41, 5.74) is 0.658. The van der Waals surface area contributed by atoms with Gasteiger partial charge in [-0.15, -0.1) is 0 Å². The van der Waals surface area contributed by atoms with Crippen molar-refractivity contribution in [2.45, 2.75) is 46.3 Å². The van der Waals surface area contributed by atoms with Gasteiger partial charge in [0.15, 0.2) is 0 Å². The number of aromatic nitrogens is 1. The Morgan fingerprint density at radius 2 is 2.00 bits per heavy atom. The molecule has 0 radical (unpaired) electrons. The molecule has 0 aromatic carbocycles. The minimum Gasteiger partial charge on any atom is -0.444 e. The molecular formula is C21H35N4O4+. The van der Waals surface area contributed by atoms with E-state index < -0.39 is 11.7 Å². The Bertz CT molecular complexity index is 684. The van der Waals surface area contributed by atoms with Gasteiger partial charge in [0.2, 0.25) is 0 Å². The molecule has 0 aliphatic carbocycles. The number of hydrogen-bond donors (Lipinski definition) is 2. The van der Waals surface area contributed by atoms with E-state index >= 15 is 0 Å². The summed E-state index contributed by atoms with van der Waals surface area (Å²) in [6, 6.07) is 5.18. The molecule has 8 nitrogen and oxygen atoms in total. The predicted octanol–water partition coefficient (Wildman–Crippen LogP) is 0.661. The van der Waals surface area contributed by atoms with Crippen molar-refractivity contribution in [3.63, 3.8) is 0 Å². The molecule has 0 spiro atoms. The van der Waals surface area contributed by atoms with Crippen LogP contribution in [0, 0.1) is 6.92 Å². The highest BCUT2D eigenvalue weighted by Crippen LogP contribution is 2.08. The number of aryl methyl sites for hydroxylation is 1. The van der Waals surface area contributed by atoms with E-state index in [4.69, 9.17) is 9.47 Å². The summed E-state index contributed by atoms with van der Waals surface area (Å²) in [5, 5.41) is 2.82. The second-order valence-corrected chi connectivity index (χ2v) is 8.58. The summed E-state index contributed by atoms with van der Waals surface area (Å²) in [4.78, 5) is 32.7. The van der Waals surface area contributed by atoms with Crippen molar-refractivity contribution in [2.24, 2.45) is 0 Å². The number of nitrogens with zero attached hydrogens (tertiary/aromatic N) is 2. The first-order valence-electron chi connectivity index (χ1n) is 10.3. The third-order valence-corrected chi connectivity index (χ3v) is 4.59. The van der Waals surface area contributed by atoms with Gasteiger partial charge in [-0.3, -0.25) is 4.79 Å². The van der Waals surface area contributed by atoms with Crippen LogP contribution >= 0.6 is 0 Å². The van der Waals surface area contributed by atoms with Gasteiger partial charge in [-0.2, -0.15) is 0 Å². The molecule has 2 N–H and O–H groups in total. The SMILES string of the molecule is Cc1cccc(C(=O)N(CC[NH+]2CCOCC2)C[C@@H](C)NC(=O)OC(C)(C)C)n1. The molecule has 0 saturated carbocycles. The van der Waals surface area contributed by atoms with E-state index in [9.17, 15) is 9.59 Å². The molecule has 8 heteroatoms. The van der Waals surface area contributed by atoms with E-state index in [-0.39, 0.29) is 11.9 Å². The predicted molar refractivity (Wildman–Crippen MR) is 110 cm³/mol. The first-order chi connectivity index (χ1) is 13.6. The lowest BCUT2D eigenvalue weighted by molar-refractivity contribution is -0.907. The summed E-state index contributed by atoms with van der Waals surface area (Å²) in [5.74, 6) is -0.126. The maximum absolute atomic E-state index is 13.1. The second-order valence-electron chi connectivity index (χ2n) is 8.58. The molecule has 2 heterocycles. The Balaban J connectivity index is 2.02. The molecule has 162 valence electrons. The van der Waals surface area contributed by atoms with Crippen molar-refractivity contribution in [2.75, 3.05) is 45.9 Å². The van der Waals surface area contributed by atoms with Crippen molar-refractivity contribution in [3.05, 3.63) is 29.6 Å². The minimum atomic E-state index is -0.565. The number of quaternary nitrogens is 1. The van der Waals surface area contributed by atoms with E-state index in [1.54, 1.807) is 11.0 Å². The summed E-state index contributed by atoms with van der Waals surface area (Å²) in [6.45, 7) is 14.4. The molecule has 1 atom stereocenters. The van der Waals surface area contributed by atoms with E-state index in [2.05, 4.69) is 10.3 Å². The Hall–Kier alpha value is -2.19. The van der Waals surface area contributed by atoms with Crippen molar-refractivity contribution in [3.8, 4) is 0 Å². The Morgan fingerprint density at radius 1 is 1.31 bits per heavy atom. The van der Waals surface area contributed by atoms with E-state index in [0.29, 0.717) is 18.8 Å². The molecular weight excluding hydrogens is 372 g/mol. The van der Waals surface area contributed by atoms with Crippen LogP contribution in [-0.2, 0) is 9.47 Å². The van der Waals surface area contributed by atoms with E-state index in [1.807, 2.05) is 46.8 Å². The summed E-state index contributed by atoms with van der Waals surface area (Å²) < 4.78 is 10.7. The van der Waals surface area contributed by atoms with E-state index in [1.165, 1.54) is 4.90 Å². The van der Waals surface area contributed by atoms with Crippen LogP contribution in [0.2, 0.25) is 0 Å². The lowest BCUT2D eigenvalue weighted by Gasteiger charge is -2.30. The highest BCUT2D eigenvalue weighted by Gasteiger charge is 2.24. The number of alkyl carbamates (subject to hydrolysis) is 1. The molecule has 1 aliphatic heterocycles. The quantitative estimate of drug-likeness (QED) is 0.694.